The first-order chi connectivity index (χ1) is 8.99. The molecule has 0 aliphatic heterocycles. The van der Waals surface area contributed by atoms with Crippen molar-refractivity contribution in [2.45, 2.75) is 45.7 Å². The molecule has 2 nitrogen and oxygen atoms in total. The molecule has 0 amide bonds. The molecule has 19 heavy (non-hydrogen) atoms. The van der Waals surface area contributed by atoms with Gasteiger partial charge in [-0.25, -0.2) is 8.78 Å². The van der Waals surface area contributed by atoms with E-state index in [2.05, 4.69) is 6.92 Å². The molecule has 0 radical (unpaired) electrons. The van der Waals surface area contributed by atoms with Crippen LogP contribution in [0, 0.1) is 17.8 Å². The summed E-state index contributed by atoms with van der Waals surface area (Å²) in [6.45, 7) is 3.74. The second kappa shape index (κ2) is 5.85. The fraction of sp³-hybridized carbons (Fsp3) is 0.667. The molecular weight excluding hydrogens is 250 g/mol. The molecule has 2 aliphatic carbocycles. The Morgan fingerprint density at radius 1 is 1.26 bits per heavy atom. The minimum atomic E-state index is -1.71. The van der Waals surface area contributed by atoms with Gasteiger partial charge in [0, 0.05) is 5.92 Å². The van der Waals surface area contributed by atoms with Gasteiger partial charge in [0.1, 0.15) is 0 Å². The van der Waals surface area contributed by atoms with Gasteiger partial charge in [-0.3, -0.25) is 4.79 Å². The summed E-state index contributed by atoms with van der Waals surface area (Å²) in [6, 6.07) is 0. The van der Waals surface area contributed by atoms with E-state index in [0.717, 1.165) is 25.7 Å². The van der Waals surface area contributed by atoms with Crippen LogP contribution < -0.4 is 0 Å². The molecule has 1 saturated carbocycles. The predicted octanol–water partition coefficient (Wildman–Crippen LogP) is 4.08. The van der Waals surface area contributed by atoms with Crippen LogP contribution in [0.1, 0.15) is 39.5 Å². The van der Waals surface area contributed by atoms with Gasteiger partial charge in [-0.15, -0.1) is 0 Å². The van der Waals surface area contributed by atoms with Crippen molar-refractivity contribution in [1.82, 2.24) is 0 Å². The largest absolute Gasteiger partial charge is 0.423 e. The van der Waals surface area contributed by atoms with E-state index in [9.17, 15) is 13.6 Å². The second-order valence-corrected chi connectivity index (χ2v) is 5.71. The van der Waals surface area contributed by atoms with Crippen molar-refractivity contribution in [2.24, 2.45) is 17.8 Å². The molecule has 0 spiro atoms. The van der Waals surface area contributed by atoms with E-state index in [-0.39, 0.29) is 11.7 Å². The lowest BCUT2D eigenvalue weighted by atomic mass is 9.83. The molecule has 2 rings (SSSR count). The molecule has 2 atom stereocenters. The summed E-state index contributed by atoms with van der Waals surface area (Å²) in [7, 11) is 0. The molecule has 2 aliphatic rings. The summed E-state index contributed by atoms with van der Waals surface area (Å²) in [5, 5.41) is 0. The average Bonchev–Trinajstić information content (AvgIpc) is 2.40. The smallest absolute Gasteiger partial charge is 0.314 e. The SMILES string of the molecule is CC1CCC(C(=O)OC2=C(F)C(F)C(C)C=C2)CC1. The third-order valence-electron chi connectivity index (χ3n) is 4.05. The predicted molar refractivity (Wildman–Crippen MR) is 68.5 cm³/mol. The Hall–Kier alpha value is -1.19. The number of hydrogen-bond donors (Lipinski definition) is 0. The van der Waals surface area contributed by atoms with Crippen LogP contribution in [-0.2, 0) is 9.53 Å². The minimum Gasteiger partial charge on any atom is -0.423 e. The maximum Gasteiger partial charge on any atom is 0.314 e. The second-order valence-electron chi connectivity index (χ2n) is 5.71. The van der Waals surface area contributed by atoms with E-state index < -0.39 is 23.9 Å². The van der Waals surface area contributed by atoms with Crippen LogP contribution in [0.2, 0.25) is 0 Å². The number of ether oxygens (including phenoxy) is 1. The number of alkyl halides is 1. The van der Waals surface area contributed by atoms with E-state index in [1.807, 2.05) is 0 Å². The zero-order chi connectivity index (χ0) is 14.0. The fourth-order valence-electron chi connectivity index (χ4n) is 2.55. The van der Waals surface area contributed by atoms with Crippen molar-refractivity contribution in [2.75, 3.05) is 0 Å². The number of carbonyl (C=O) groups excluding carboxylic acids is 1. The molecule has 0 saturated heterocycles. The van der Waals surface area contributed by atoms with Crippen LogP contribution >= 0.6 is 0 Å². The van der Waals surface area contributed by atoms with Crippen molar-refractivity contribution in [3.05, 3.63) is 23.7 Å². The molecule has 0 bridgehead atoms. The van der Waals surface area contributed by atoms with Gasteiger partial charge in [0.2, 0.25) is 0 Å². The number of hydrogen-bond acceptors (Lipinski definition) is 2. The fourth-order valence-corrected chi connectivity index (χ4v) is 2.55. The average molecular weight is 270 g/mol. The maximum atomic E-state index is 13.7. The summed E-state index contributed by atoms with van der Waals surface area (Å²) >= 11 is 0. The highest BCUT2D eigenvalue weighted by molar-refractivity contribution is 5.74. The minimum absolute atomic E-state index is 0.178. The lowest BCUT2D eigenvalue weighted by Crippen LogP contribution is -2.24. The summed E-state index contributed by atoms with van der Waals surface area (Å²) in [6.07, 6.45) is 4.69. The molecule has 0 N–H and O–H groups in total. The van der Waals surface area contributed by atoms with Crippen molar-refractivity contribution < 1.29 is 18.3 Å². The zero-order valence-electron chi connectivity index (χ0n) is 11.4. The molecule has 0 aromatic rings. The molecule has 2 unspecified atom stereocenters. The summed E-state index contributed by atoms with van der Waals surface area (Å²) < 4.78 is 32.2. The molecule has 106 valence electrons. The Bertz CT molecular complexity index is 406. The molecule has 4 heteroatoms. The first-order valence-electron chi connectivity index (χ1n) is 6.92. The molecule has 0 aromatic heterocycles. The number of carbonyl (C=O) groups is 1. The highest BCUT2D eigenvalue weighted by Crippen LogP contribution is 2.32. The van der Waals surface area contributed by atoms with E-state index in [0.29, 0.717) is 5.92 Å². The summed E-state index contributed by atoms with van der Waals surface area (Å²) in [4.78, 5) is 11.9. The van der Waals surface area contributed by atoms with Gasteiger partial charge < -0.3 is 4.74 Å². The van der Waals surface area contributed by atoms with Gasteiger partial charge in [-0.1, -0.05) is 19.9 Å². The highest BCUT2D eigenvalue weighted by atomic mass is 19.2. The van der Waals surface area contributed by atoms with Gasteiger partial charge >= 0.3 is 5.97 Å². The lowest BCUT2D eigenvalue weighted by Gasteiger charge is -2.25. The van der Waals surface area contributed by atoms with E-state index >= 15 is 0 Å². The van der Waals surface area contributed by atoms with Crippen LogP contribution in [0.25, 0.3) is 0 Å². The monoisotopic (exact) mass is 270 g/mol. The van der Waals surface area contributed by atoms with Gasteiger partial charge in [0.05, 0.1) is 5.92 Å². The Morgan fingerprint density at radius 3 is 2.53 bits per heavy atom. The zero-order valence-corrected chi connectivity index (χ0v) is 11.4. The maximum absolute atomic E-state index is 13.7. The van der Waals surface area contributed by atoms with Crippen molar-refractivity contribution >= 4 is 5.97 Å². The first kappa shape index (κ1) is 14.2. The molecule has 0 heterocycles. The molecule has 0 aromatic carbocycles. The van der Waals surface area contributed by atoms with Gasteiger partial charge in [0.25, 0.3) is 0 Å². The van der Waals surface area contributed by atoms with Crippen molar-refractivity contribution in [3.8, 4) is 0 Å². The Labute approximate surface area is 112 Å². The van der Waals surface area contributed by atoms with E-state index in [1.54, 1.807) is 6.92 Å². The Balaban J connectivity index is 1.98. The van der Waals surface area contributed by atoms with Crippen molar-refractivity contribution in [1.29, 1.82) is 0 Å². The summed E-state index contributed by atoms with van der Waals surface area (Å²) in [5.74, 6) is -1.71. The third-order valence-corrected chi connectivity index (χ3v) is 4.05. The van der Waals surface area contributed by atoms with Crippen LogP contribution in [-0.4, -0.2) is 12.1 Å². The quantitative estimate of drug-likeness (QED) is 0.707. The highest BCUT2D eigenvalue weighted by Gasteiger charge is 2.31. The van der Waals surface area contributed by atoms with E-state index in [4.69, 9.17) is 4.74 Å². The standard InChI is InChI=1S/C15H20F2O2/c1-9-3-6-11(7-4-9)15(18)19-12-8-5-10(2)13(16)14(12)17/h5,8-11,13H,3-4,6-7H2,1-2H3. The van der Waals surface area contributed by atoms with Crippen LogP contribution in [0.5, 0.6) is 0 Å². The number of allylic oxidation sites excluding steroid dienone is 3. The van der Waals surface area contributed by atoms with Crippen LogP contribution in [0.3, 0.4) is 0 Å². The lowest BCUT2D eigenvalue weighted by molar-refractivity contribution is -0.145. The van der Waals surface area contributed by atoms with Gasteiger partial charge in [0.15, 0.2) is 17.8 Å². The van der Waals surface area contributed by atoms with Gasteiger partial charge in [-0.05, 0) is 37.7 Å². The number of rotatable bonds is 2. The third kappa shape index (κ3) is 3.23. The Kier molecular flexibility index (Phi) is 4.38. The number of esters is 1. The number of halogens is 2. The van der Waals surface area contributed by atoms with E-state index in [1.165, 1.54) is 12.2 Å². The van der Waals surface area contributed by atoms with Gasteiger partial charge in [-0.2, -0.15) is 0 Å². The van der Waals surface area contributed by atoms with Crippen LogP contribution in [0.4, 0.5) is 8.78 Å². The normalized spacial score (nSPS) is 35.4. The first-order valence-corrected chi connectivity index (χ1v) is 6.92. The topological polar surface area (TPSA) is 26.3 Å². The van der Waals surface area contributed by atoms with Crippen LogP contribution in [0.15, 0.2) is 23.7 Å². The molecule has 1 fully saturated rings. The Morgan fingerprint density at radius 2 is 1.89 bits per heavy atom. The molecular formula is C15H20F2O2. The summed E-state index contributed by atoms with van der Waals surface area (Å²) in [5.41, 5.74) is 0. The van der Waals surface area contributed by atoms with Crippen molar-refractivity contribution in [3.63, 3.8) is 0 Å².